The van der Waals surface area contributed by atoms with Crippen molar-refractivity contribution in [1.29, 1.82) is 0 Å². The lowest BCUT2D eigenvalue weighted by molar-refractivity contribution is 0.0987. The molecule has 2 aliphatic carbocycles. The molecule has 1 atom stereocenters. The fraction of sp³-hybridized carbons (Fsp3) is 0.458. The van der Waals surface area contributed by atoms with Gasteiger partial charge in [0, 0.05) is 12.3 Å². The van der Waals surface area contributed by atoms with Crippen LogP contribution in [-0.2, 0) is 0 Å². The summed E-state index contributed by atoms with van der Waals surface area (Å²) >= 11 is 0. The molecule has 1 saturated carbocycles. The summed E-state index contributed by atoms with van der Waals surface area (Å²) in [4.78, 5) is 12.2. The van der Waals surface area contributed by atoms with Gasteiger partial charge >= 0.3 is 0 Å². The van der Waals surface area contributed by atoms with Crippen LogP contribution in [0.1, 0.15) is 90.8 Å². The Bertz CT molecular complexity index is 832. The van der Waals surface area contributed by atoms with Crippen molar-refractivity contribution in [3.63, 3.8) is 0 Å². The molecule has 0 saturated heterocycles. The number of Topliss-reactive ketones (excluding diaryl/α,β-unsaturated/α-hetero) is 1. The molecule has 0 bridgehead atoms. The van der Waals surface area contributed by atoms with E-state index in [4.69, 9.17) is 0 Å². The molecule has 0 N–H and O–H groups in total. The minimum absolute atomic E-state index is 0.0571. The molecule has 1 fully saturated rings. The third-order valence-corrected chi connectivity index (χ3v) is 6.52. The molecule has 0 aliphatic heterocycles. The molecule has 3 heteroatoms. The first kappa shape index (κ1) is 18.3. The molecule has 0 spiro atoms. The number of fused-ring (bicyclic) bond motifs is 1. The molecule has 2 aromatic carbocycles. The second-order valence-corrected chi connectivity index (χ2v) is 8.18. The van der Waals surface area contributed by atoms with Crippen molar-refractivity contribution in [3.05, 3.63) is 70.3 Å². The van der Waals surface area contributed by atoms with Crippen molar-refractivity contribution in [1.82, 2.24) is 0 Å². The number of benzene rings is 2. The summed E-state index contributed by atoms with van der Waals surface area (Å²) in [5.74, 6) is -0.905. The molecule has 0 aromatic heterocycles. The van der Waals surface area contributed by atoms with Crippen molar-refractivity contribution in [2.24, 2.45) is 5.92 Å². The van der Waals surface area contributed by atoms with E-state index < -0.39 is 11.6 Å². The topological polar surface area (TPSA) is 17.1 Å². The van der Waals surface area contributed by atoms with Crippen LogP contribution in [0.4, 0.5) is 8.78 Å². The quantitative estimate of drug-likeness (QED) is 0.583. The highest BCUT2D eigenvalue weighted by Crippen LogP contribution is 2.41. The molecule has 0 amide bonds. The van der Waals surface area contributed by atoms with E-state index in [0.717, 1.165) is 17.5 Å². The molecule has 0 radical (unpaired) electrons. The normalized spacial score (nSPS) is 24.9. The Kier molecular flexibility index (Phi) is 5.12. The standard InChI is InChI=1S/C24H26F2O/c1-2-3-15-4-6-16(7-5-15)17-8-10-18(11-9-17)20-14-22(27)23-19(20)12-13-21(25)24(23)26/h8-13,15-16,20H,2-7,14H2,1H3. The van der Waals surface area contributed by atoms with Crippen molar-refractivity contribution in [2.45, 2.75) is 63.7 Å². The molecule has 142 valence electrons. The fourth-order valence-electron chi connectivity index (χ4n) is 5.03. The molecule has 1 unspecified atom stereocenters. The smallest absolute Gasteiger partial charge is 0.169 e. The minimum Gasteiger partial charge on any atom is -0.294 e. The number of carbonyl (C=O) groups is 1. The van der Waals surface area contributed by atoms with Crippen molar-refractivity contribution in [2.75, 3.05) is 0 Å². The first-order valence-corrected chi connectivity index (χ1v) is 10.2. The predicted molar refractivity (Wildman–Crippen MR) is 103 cm³/mol. The Hall–Kier alpha value is -2.03. The zero-order valence-corrected chi connectivity index (χ0v) is 15.8. The lowest BCUT2D eigenvalue weighted by Gasteiger charge is -2.28. The van der Waals surface area contributed by atoms with Crippen LogP contribution in [0.15, 0.2) is 36.4 Å². The third kappa shape index (κ3) is 3.44. The Morgan fingerprint density at radius 1 is 0.926 bits per heavy atom. The van der Waals surface area contributed by atoms with Crippen LogP contribution >= 0.6 is 0 Å². The third-order valence-electron chi connectivity index (χ3n) is 6.52. The van der Waals surface area contributed by atoms with Gasteiger partial charge in [-0.1, -0.05) is 50.1 Å². The van der Waals surface area contributed by atoms with E-state index in [1.54, 1.807) is 6.07 Å². The van der Waals surface area contributed by atoms with Gasteiger partial charge in [0.05, 0.1) is 5.56 Å². The molecular weight excluding hydrogens is 342 g/mol. The number of hydrogen-bond acceptors (Lipinski definition) is 1. The lowest BCUT2D eigenvalue weighted by atomic mass is 9.77. The molecule has 2 aliphatic rings. The Labute approximate surface area is 159 Å². The van der Waals surface area contributed by atoms with Crippen molar-refractivity contribution < 1.29 is 13.6 Å². The summed E-state index contributed by atoms with van der Waals surface area (Å²) in [5, 5.41) is 0. The van der Waals surface area contributed by atoms with E-state index in [1.165, 1.54) is 44.1 Å². The van der Waals surface area contributed by atoms with Crippen LogP contribution in [0.3, 0.4) is 0 Å². The van der Waals surface area contributed by atoms with Crippen LogP contribution in [0.2, 0.25) is 0 Å². The number of rotatable bonds is 4. The van der Waals surface area contributed by atoms with Gasteiger partial charge in [-0.15, -0.1) is 0 Å². The monoisotopic (exact) mass is 368 g/mol. The molecule has 2 aromatic rings. The van der Waals surface area contributed by atoms with Gasteiger partial charge in [-0.2, -0.15) is 0 Å². The van der Waals surface area contributed by atoms with Gasteiger partial charge < -0.3 is 0 Å². The highest BCUT2D eigenvalue weighted by molar-refractivity contribution is 6.02. The number of hydrogen-bond donors (Lipinski definition) is 0. The molecule has 27 heavy (non-hydrogen) atoms. The van der Waals surface area contributed by atoms with Gasteiger partial charge in [0.1, 0.15) is 0 Å². The zero-order valence-electron chi connectivity index (χ0n) is 15.8. The molecular formula is C24H26F2O. The summed E-state index contributed by atoms with van der Waals surface area (Å²) in [6.07, 6.45) is 7.97. The summed E-state index contributed by atoms with van der Waals surface area (Å²) in [5.41, 5.74) is 2.94. The second kappa shape index (κ2) is 7.53. The van der Waals surface area contributed by atoms with Crippen LogP contribution in [-0.4, -0.2) is 5.78 Å². The van der Waals surface area contributed by atoms with E-state index in [9.17, 15) is 13.6 Å². The van der Waals surface area contributed by atoms with E-state index in [1.807, 2.05) is 0 Å². The Balaban J connectivity index is 1.51. The van der Waals surface area contributed by atoms with Crippen LogP contribution in [0.25, 0.3) is 0 Å². The minimum atomic E-state index is -1.000. The number of ketones is 1. The highest BCUT2D eigenvalue weighted by atomic mass is 19.2. The number of halogens is 2. The average molecular weight is 368 g/mol. The second-order valence-electron chi connectivity index (χ2n) is 8.18. The largest absolute Gasteiger partial charge is 0.294 e. The summed E-state index contributed by atoms with van der Waals surface area (Å²) in [6, 6.07) is 11.2. The SMILES string of the molecule is CCCC1CCC(c2ccc(C3CC(=O)c4c3ccc(F)c4F)cc2)CC1. The van der Waals surface area contributed by atoms with Crippen molar-refractivity contribution >= 4 is 5.78 Å². The van der Waals surface area contributed by atoms with Crippen LogP contribution in [0, 0.1) is 17.6 Å². The van der Waals surface area contributed by atoms with Gasteiger partial charge in [-0.05, 0) is 60.3 Å². The maximum Gasteiger partial charge on any atom is 0.169 e. The Morgan fingerprint density at radius 2 is 1.59 bits per heavy atom. The zero-order chi connectivity index (χ0) is 19.0. The lowest BCUT2D eigenvalue weighted by Crippen LogP contribution is -2.13. The Morgan fingerprint density at radius 3 is 2.26 bits per heavy atom. The summed E-state index contributed by atoms with van der Waals surface area (Å²) in [7, 11) is 0. The maximum atomic E-state index is 14.0. The number of carbonyl (C=O) groups excluding carboxylic acids is 1. The highest BCUT2D eigenvalue weighted by Gasteiger charge is 2.34. The fourth-order valence-corrected chi connectivity index (χ4v) is 5.03. The van der Waals surface area contributed by atoms with Gasteiger partial charge in [0.25, 0.3) is 0 Å². The van der Waals surface area contributed by atoms with Gasteiger partial charge in [-0.25, -0.2) is 8.78 Å². The first-order chi connectivity index (χ1) is 13.1. The van der Waals surface area contributed by atoms with Gasteiger partial charge in [0.2, 0.25) is 0 Å². The maximum absolute atomic E-state index is 14.0. The first-order valence-electron chi connectivity index (χ1n) is 10.2. The van der Waals surface area contributed by atoms with Crippen LogP contribution < -0.4 is 0 Å². The predicted octanol–water partition coefficient (Wildman–Crippen LogP) is 6.76. The molecule has 4 rings (SSSR count). The average Bonchev–Trinajstić information content (AvgIpc) is 3.03. The van der Waals surface area contributed by atoms with Gasteiger partial charge in [0.15, 0.2) is 17.4 Å². The summed E-state index contributed by atoms with van der Waals surface area (Å²) < 4.78 is 27.5. The van der Waals surface area contributed by atoms with E-state index in [-0.39, 0.29) is 23.7 Å². The molecule has 1 nitrogen and oxygen atoms in total. The van der Waals surface area contributed by atoms with Gasteiger partial charge in [-0.3, -0.25) is 4.79 Å². The van der Waals surface area contributed by atoms with E-state index in [0.29, 0.717) is 11.5 Å². The van der Waals surface area contributed by atoms with Crippen LogP contribution in [0.5, 0.6) is 0 Å². The van der Waals surface area contributed by atoms with Crippen molar-refractivity contribution in [3.8, 4) is 0 Å². The summed E-state index contributed by atoms with van der Waals surface area (Å²) in [6.45, 7) is 2.26. The molecule has 0 heterocycles. The van der Waals surface area contributed by atoms with E-state index >= 15 is 0 Å². The van der Waals surface area contributed by atoms with E-state index in [2.05, 4.69) is 31.2 Å².